The molecule has 3 aromatic rings. The van der Waals surface area contributed by atoms with E-state index in [0.29, 0.717) is 5.69 Å². The number of rotatable bonds is 6. The number of ether oxygens (including phenoxy) is 2. The second kappa shape index (κ2) is 7.83. The number of non-ortho nitro benzene ring substituents is 1. The SMILES string of the molecule is COc1cccc(-c2nc(COC(=O)c3cc([N+](=O)[O-])ccc3N)cs2)c1. The Morgan fingerprint density at radius 3 is 2.85 bits per heavy atom. The Balaban J connectivity index is 1.70. The van der Waals surface area contributed by atoms with Gasteiger partial charge in [0.25, 0.3) is 5.69 Å². The second-order valence-electron chi connectivity index (χ2n) is 5.48. The zero-order chi connectivity index (χ0) is 19.4. The number of nitrogen functional groups attached to an aromatic ring is 1. The van der Waals surface area contributed by atoms with Crippen LogP contribution in [0.4, 0.5) is 11.4 Å². The van der Waals surface area contributed by atoms with Crippen molar-refractivity contribution in [2.75, 3.05) is 12.8 Å². The molecule has 0 unspecified atom stereocenters. The van der Waals surface area contributed by atoms with Gasteiger partial charge in [-0.2, -0.15) is 0 Å². The van der Waals surface area contributed by atoms with E-state index in [-0.39, 0.29) is 23.5 Å². The summed E-state index contributed by atoms with van der Waals surface area (Å²) in [5.41, 5.74) is 7.00. The average molecular weight is 385 g/mol. The molecule has 8 nitrogen and oxygen atoms in total. The molecule has 138 valence electrons. The quantitative estimate of drug-likeness (QED) is 0.298. The molecule has 0 aliphatic heterocycles. The summed E-state index contributed by atoms with van der Waals surface area (Å²) >= 11 is 1.41. The summed E-state index contributed by atoms with van der Waals surface area (Å²) < 4.78 is 10.4. The number of carbonyl (C=O) groups excluding carboxylic acids is 1. The van der Waals surface area contributed by atoms with Gasteiger partial charge in [0.05, 0.1) is 23.3 Å². The molecule has 0 spiro atoms. The minimum atomic E-state index is -0.743. The van der Waals surface area contributed by atoms with Crippen LogP contribution in [0.1, 0.15) is 16.1 Å². The highest BCUT2D eigenvalue weighted by molar-refractivity contribution is 7.13. The minimum Gasteiger partial charge on any atom is -0.497 e. The first-order valence-corrected chi connectivity index (χ1v) is 8.66. The molecule has 2 N–H and O–H groups in total. The predicted octanol–water partition coefficient (Wildman–Crippen LogP) is 3.67. The number of thiazole rings is 1. The van der Waals surface area contributed by atoms with Gasteiger partial charge in [-0.05, 0) is 18.2 Å². The lowest BCUT2D eigenvalue weighted by atomic mass is 10.1. The third-order valence-electron chi connectivity index (χ3n) is 3.69. The Hall–Kier alpha value is -3.46. The predicted molar refractivity (Wildman–Crippen MR) is 101 cm³/mol. The summed E-state index contributed by atoms with van der Waals surface area (Å²) in [6, 6.07) is 11.1. The maximum absolute atomic E-state index is 12.2. The molecule has 2 aromatic carbocycles. The molecule has 1 heterocycles. The van der Waals surface area contributed by atoms with Crippen LogP contribution < -0.4 is 10.5 Å². The number of carbonyl (C=O) groups is 1. The number of methoxy groups -OCH3 is 1. The van der Waals surface area contributed by atoms with Crippen LogP contribution in [0.25, 0.3) is 10.6 Å². The Labute approximate surface area is 158 Å². The fourth-order valence-corrected chi connectivity index (χ4v) is 3.12. The van der Waals surface area contributed by atoms with Crippen molar-refractivity contribution in [3.05, 3.63) is 69.2 Å². The van der Waals surface area contributed by atoms with Crippen molar-refractivity contribution in [1.29, 1.82) is 0 Å². The molecule has 0 amide bonds. The highest BCUT2D eigenvalue weighted by atomic mass is 32.1. The van der Waals surface area contributed by atoms with Crippen LogP contribution in [-0.2, 0) is 11.3 Å². The molecular formula is C18H15N3O5S. The largest absolute Gasteiger partial charge is 0.497 e. The third-order valence-corrected chi connectivity index (χ3v) is 4.63. The number of nitro groups is 1. The smallest absolute Gasteiger partial charge is 0.340 e. The molecule has 0 atom stereocenters. The number of hydrogen-bond acceptors (Lipinski definition) is 8. The summed E-state index contributed by atoms with van der Waals surface area (Å²) in [7, 11) is 1.59. The highest BCUT2D eigenvalue weighted by Crippen LogP contribution is 2.27. The Morgan fingerprint density at radius 1 is 1.30 bits per heavy atom. The van der Waals surface area contributed by atoms with Gasteiger partial charge >= 0.3 is 5.97 Å². The van der Waals surface area contributed by atoms with Gasteiger partial charge in [0.2, 0.25) is 0 Å². The molecule has 0 bridgehead atoms. The fraction of sp³-hybridized carbons (Fsp3) is 0.111. The van der Waals surface area contributed by atoms with Gasteiger partial charge in [0.15, 0.2) is 0 Å². The number of nitrogens with two attached hydrogens (primary N) is 1. The normalized spacial score (nSPS) is 10.4. The molecule has 0 aliphatic carbocycles. The Bertz CT molecular complexity index is 1000. The number of nitro benzene ring substituents is 1. The third kappa shape index (κ3) is 4.21. The van der Waals surface area contributed by atoms with Gasteiger partial charge in [-0.25, -0.2) is 9.78 Å². The van der Waals surface area contributed by atoms with Crippen molar-refractivity contribution in [2.45, 2.75) is 6.61 Å². The number of aromatic nitrogens is 1. The average Bonchev–Trinajstić information content (AvgIpc) is 3.15. The van der Waals surface area contributed by atoms with E-state index in [1.165, 1.54) is 23.5 Å². The van der Waals surface area contributed by atoms with E-state index in [1.807, 2.05) is 24.3 Å². The molecule has 0 radical (unpaired) electrons. The zero-order valence-electron chi connectivity index (χ0n) is 14.2. The van der Waals surface area contributed by atoms with Crippen LogP contribution in [0.15, 0.2) is 47.8 Å². The van der Waals surface area contributed by atoms with Crippen molar-refractivity contribution >= 4 is 28.7 Å². The second-order valence-corrected chi connectivity index (χ2v) is 6.34. The van der Waals surface area contributed by atoms with Gasteiger partial charge in [-0.15, -0.1) is 11.3 Å². The van der Waals surface area contributed by atoms with Gasteiger partial charge in [-0.3, -0.25) is 10.1 Å². The van der Waals surface area contributed by atoms with Crippen molar-refractivity contribution in [1.82, 2.24) is 4.98 Å². The van der Waals surface area contributed by atoms with Crippen molar-refractivity contribution < 1.29 is 19.2 Å². The molecule has 0 fully saturated rings. The molecular weight excluding hydrogens is 370 g/mol. The first-order valence-electron chi connectivity index (χ1n) is 7.78. The number of anilines is 1. The van der Waals surface area contributed by atoms with Crippen LogP contribution in [0.2, 0.25) is 0 Å². The van der Waals surface area contributed by atoms with E-state index in [2.05, 4.69) is 4.98 Å². The lowest BCUT2D eigenvalue weighted by Crippen LogP contribution is -2.09. The van der Waals surface area contributed by atoms with Gasteiger partial charge in [0.1, 0.15) is 17.4 Å². The number of nitrogens with zero attached hydrogens (tertiary/aromatic N) is 2. The van der Waals surface area contributed by atoms with Gasteiger partial charge < -0.3 is 15.2 Å². The molecule has 0 saturated heterocycles. The summed E-state index contributed by atoms with van der Waals surface area (Å²) in [6.07, 6.45) is 0. The maximum atomic E-state index is 12.2. The maximum Gasteiger partial charge on any atom is 0.340 e. The molecule has 3 rings (SSSR count). The molecule has 1 aromatic heterocycles. The van der Waals surface area contributed by atoms with E-state index >= 15 is 0 Å². The van der Waals surface area contributed by atoms with Crippen LogP contribution in [-0.4, -0.2) is 23.0 Å². The first kappa shape index (κ1) is 18.3. The van der Waals surface area contributed by atoms with Crippen molar-refractivity contribution in [3.63, 3.8) is 0 Å². The Morgan fingerprint density at radius 2 is 2.11 bits per heavy atom. The summed E-state index contributed by atoms with van der Waals surface area (Å²) in [5.74, 6) is -0.0241. The standard InChI is InChI=1S/C18H15N3O5S/c1-25-14-4-2-3-11(7-14)17-20-12(10-27-17)9-26-18(22)15-8-13(21(23)24)5-6-16(15)19/h2-8,10H,9,19H2,1H3. The lowest BCUT2D eigenvalue weighted by Gasteiger charge is -2.05. The highest BCUT2D eigenvalue weighted by Gasteiger charge is 2.17. The molecule has 9 heteroatoms. The molecule has 27 heavy (non-hydrogen) atoms. The zero-order valence-corrected chi connectivity index (χ0v) is 15.1. The van der Waals surface area contributed by atoms with Crippen LogP contribution in [0, 0.1) is 10.1 Å². The van der Waals surface area contributed by atoms with Gasteiger partial charge in [0, 0.05) is 28.8 Å². The summed E-state index contributed by atoms with van der Waals surface area (Å²) in [4.78, 5) is 26.9. The van der Waals surface area contributed by atoms with Crippen LogP contribution in [0.3, 0.4) is 0 Å². The van der Waals surface area contributed by atoms with Gasteiger partial charge in [-0.1, -0.05) is 12.1 Å². The first-order chi connectivity index (χ1) is 13.0. The summed E-state index contributed by atoms with van der Waals surface area (Å²) in [6.45, 7) is -0.0680. The van der Waals surface area contributed by atoms with E-state index in [1.54, 1.807) is 12.5 Å². The molecule has 0 aliphatic rings. The van der Waals surface area contributed by atoms with E-state index in [4.69, 9.17) is 15.2 Å². The number of benzene rings is 2. The lowest BCUT2D eigenvalue weighted by molar-refractivity contribution is -0.384. The fourth-order valence-electron chi connectivity index (χ4n) is 2.31. The monoisotopic (exact) mass is 385 g/mol. The van der Waals surface area contributed by atoms with E-state index in [0.717, 1.165) is 22.4 Å². The minimum absolute atomic E-state index is 0.0487. The van der Waals surface area contributed by atoms with Crippen molar-refractivity contribution in [2.24, 2.45) is 0 Å². The van der Waals surface area contributed by atoms with E-state index in [9.17, 15) is 14.9 Å². The summed E-state index contributed by atoms with van der Waals surface area (Å²) in [5, 5.41) is 13.4. The molecule has 0 saturated carbocycles. The number of esters is 1. The number of hydrogen-bond donors (Lipinski definition) is 1. The van der Waals surface area contributed by atoms with Crippen LogP contribution >= 0.6 is 11.3 Å². The van der Waals surface area contributed by atoms with Crippen molar-refractivity contribution in [3.8, 4) is 16.3 Å². The topological polar surface area (TPSA) is 118 Å². The van der Waals surface area contributed by atoms with Crippen LogP contribution in [0.5, 0.6) is 5.75 Å². The Kier molecular flexibility index (Phi) is 5.32. The van der Waals surface area contributed by atoms with E-state index < -0.39 is 10.9 Å².